The minimum atomic E-state index is 0.529. The standard InChI is InChI=1S/C18H27NO/c1-19-18(11-10-17-7-4-12-20-17)16-9-8-14-5-2-3-6-15(14)13-16/h2-3,5-6,16-19H,4,7-13H2,1H3. The van der Waals surface area contributed by atoms with E-state index in [1.165, 1.54) is 44.9 Å². The fourth-order valence-electron chi connectivity index (χ4n) is 3.92. The van der Waals surface area contributed by atoms with Gasteiger partial charge in [0.25, 0.3) is 0 Å². The van der Waals surface area contributed by atoms with Crippen LogP contribution in [0.25, 0.3) is 0 Å². The molecule has 2 nitrogen and oxygen atoms in total. The monoisotopic (exact) mass is 273 g/mol. The van der Waals surface area contributed by atoms with Gasteiger partial charge in [-0.1, -0.05) is 24.3 Å². The molecule has 0 bridgehead atoms. The predicted molar refractivity (Wildman–Crippen MR) is 83.0 cm³/mol. The molecule has 0 aromatic heterocycles. The summed E-state index contributed by atoms with van der Waals surface area (Å²) in [5.74, 6) is 0.788. The summed E-state index contributed by atoms with van der Waals surface area (Å²) in [6.07, 6.45) is 9.36. The zero-order valence-electron chi connectivity index (χ0n) is 12.6. The number of hydrogen-bond acceptors (Lipinski definition) is 2. The van der Waals surface area contributed by atoms with Gasteiger partial charge in [-0.2, -0.15) is 0 Å². The zero-order valence-corrected chi connectivity index (χ0v) is 12.6. The van der Waals surface area contributed by atoms with Gasteiger partial charge in [0, 0.05) is 12.6 Å². The molecule has 3 unspecified atom stereocenters. The van der Waals surface area contributed by atoms with E-state index >= 15 is 0 Å². The van der Waals surface area contributed by atoms with Gasteiger partial charge in [0.1, 0.15) is 0 Å². The maximum Gasteiger partial charge on any atom is 0.0576 e. The maximum absolute atomic E-state index is 5.76. The highest BCUT2D eigenvalue weighted by Crippen LogP contribution is 2.30. The normalized spacial score (nSPS) is 27.2. The molecule has 2 aliphatic rings. The number of aryl methyl sites for hydroxylation is 1. The molecule has 110 valence electrons. The molecular weight excluding hydrogens is 246 g/mol. The molecule has 1 heterocycles. The van der Waals surface area contributed by atoms with Gasteiger partial charge in [-0.25, -0.2) is 0 Å². The van der Waals surface area contributed by atoms with Crippen molar-refractivity contribution in [3.8, 4) is 0 Å². The Morgan fingerprint density at radius 2 is 2.10 bits per heavy atom. The van der Waals surface area contributed by atoms with Crippen LogP contribution in [0, 0.1) is 5.92 Å². The van der Waals surface area contributed by atoms with Crippen LogP contribution in [0.3, 0.4) is 0 Å². The van der Waals surface area contributed by atoms with E-state index in [-0.39, 0.29) is 0 Å². The van der Waals surface area contributed by atoms with Gasteiger partial charge < -0.3 is 10.1 Å². The Balaban J connectivity index is 1.56. The molecule has 0 spiro atoms. The highest BCUT2D eigenvalue weighted by Gasteiger charge is 2.26. The predicted octanol–water partition coefficient (Wildman–Crippen LogP) is 3.34. The fourth-order valence-corrected chi connectivity index (χ4v) is 3.92. The van der Waals surface area contributed by atoms with Gasteiger partial charge in [0.15, 0.2) is 0 Å². The molecule has 1 aliphatic carbocycles. The third kappa shape index (κ3) is 3.24. The Morgan fingerprint density at radius 1 is 1.25 bits per heavy atom. The first-order chi connectivity index (χ1) is 9.86. The molecule has 3 rings (SSSR count). The second-order valence-corrected chi connectivity index (χ2v) is 6.38. The van der Waals surface area contributed by atoms with E-state index in [2.05, 4.69) is 36.6 Å². The summed E-state index contributed by atoms with van der Waals surface area (Å²) in [4.78, 5) is 0. The van der Waals surface area contributed by atoms with Crippen molar-refractivity contribution in [3.63, 3.8) is 0 Å². The lowest BCUT2D eigenvalue weighted by molar-refractivity contribution is 0.0970. The quantitative estimate of drug-likeness (QED) is 0.888. The molecule has 0 radical (unpaired) electrons. The number of hydrogen-bond donors (Lipinski definition) is 1. The highest BCUT2D eigenvalue weighted by molar-refractivity contribution is 5.30. The first-order valence-electron chi connectivity index (χ1n) is 8.22. The summed E-state index contributed by atoms with van der Waals surface area (Å²) < 4.78 is 5.76. The number of fused-ring (bicyclic) bond motifs is 1. The van der Waals surface area contributed by atoms with E-state index < -0.39 is 0 Å². The van der Waals surface area contributed by atoms with Gasteiger partial charge in [-0.3, -0.25) is 0 Å². The Labute approximate surface area is 122 Å². The third-order valence-electron chi connectivity index (χ3n) is 5.15. The van der Waals surface area contributed by atoms with Crippen LogP contribution < -0.4 is 5.32 Å². The van der Waals surface area contributed by atoms with Crippen LogP contribution in [0.5, 0.6) is 0 Å². The maximum atomic E-state index is 5.76. The lowest BCUT2D eigenvalue weighted by atomic mass is 9.78. The average molecular weight is 273 g/mol. The molecule has 2 heteroatoms. The lowest BCUT2D eigenvalue weighted by Crippen LogP contribution is -2.37. The summed E-state index contributed by atoms with van der Waals surface area (Å²) in [6, 6.07) is 9.61. The van der Waals surface area contributed by atoms with E-state index in [1.807, 2.05) is 0 Å². The van der Waals surface area contributed by atoms with Crippen LogP contribution in [0.1, 0.15) is 43.2 Å². The number of nitrogens with one attached hydrogen (secondary N) is 1. The Bertz CT molecular complexity index is 425. The van der Waals surface area contributed by atoms with Gasteiger partial charge in [-0.15, -0.1) is 0 Å². The largest absolute Gasteiger partial charge is 0.378 e. The van der Waals surface area contributed by atoms with E-state index in [0.29, 0.717) is 12.1 Å². The summed E-state index contributed by atoms with van der Waals surface area (Å²) in [6.45, 7) is 0.978. The zero-order chi connectivity index (χ0) is 13.8. The minimum Gasteiger partial charge on any atom is -0.378 e. The average Bonchev–Trinajstić information content (AvgIpc) is 3.01. The van der Waals surface area contributed by atoms with Crippen LogP contribution in [0.4, 0.5) is 0 Å². The Kier molecular flexibility index (Phi) is 4.74. The lowest BCUT2D eigenvalue weighted by Gasteiger charge is -2.32. The molecule has 20 heavy (non-hydrogen) atoms. The van der Waals surface area contributed by atoms with Crippen molar-refractivity contribution in [2.75, 3.05) is 13.7 Å². The molecule has 0 amide bonds. The van der Waals surface area contributed by atoms with Crippen LogP contribution in [-0.4, -0.2) is 25.8 Å². The highest BCUT2D eigenvalue weighted by atomic mass is 16.5. The van der Waals surface area contributed by atoms with Crippen LogP contribution in [0.2, 0.25) is 0 Å². The van der Waals surface area contributed by atoms with Crippen LogP contribution >= 0.6 is 0 Å². The molecule has 1 saturated heterocycles. The second-order valence-electron chi connectivity index (χ2n) is 6.38. The summed E-state index contributed by atoms with van der Waals surface area (Å²) in [5, 5.41) is 3.57. The van der Waals surface area contributed by atoms with Gasteiger partial charge >= 0.3 is 0 Å². The van der Waals surface area contributed by atoms with Crippen molar-refractivity contribution < 1.29 is 4.74 Å². The number of benzene rings is 1. The molecule has 1 N–H and O–H groups in total. The number of ether oxygens (including phenoxy) is 1. The molecule has 0 saturated carbocycles. The topological polar surface area (TPSA) is 21.3 Å². The van der Waals surface area contributed by atoms with Crippen molar-refractivity contribution in [2.24, 2.45) is 5.92 Å². The Hall–Kier alpha value is -0.860. The Morgan fingerprint density at radius 3 is 2.85 bits per heavy atom. The summed E-state index contributed by atoms with van der Waals surface area (Å²) >= 11 is 0. The first kappa shape index (κ1) is 14.1. The second kappa shape index (κ2) is 6.73. The molecule has 1 aromatic rings. The summed E-state index contributed by atoms with van der Waals surface area (Å²) in [5.41, 5.74) is 3.14. The van der Waals surface area contributed by atoms with Gasteiger partial charge in [-0.05, 0) is 69.0 Å². The van der Waals surface area contributed by atoms with Crippen molar-refractivity contribution in [1.82, 2.24) is 5.32 Å². The van der Waals surface area contributed by atoms with Crippen LogP contribution in [-0.2, 0) is 17.6 Å². The van der Waals surface area contributed by atoms with Crippen molar-refractivity contribution in [3.05, 3.63) is 35.4 Å². The smallest absolute Gasteiger partial charge is 0.0576 e. The first-order valence-corrected chi connectivity index (χ1v) is 8.22. The fraction of sp³-hybridized carbons (Fsp3) is 0.667. The van der Waals surface area contributed by atoms with E-state index in [1.54, 1.807) is 11.1 Å². The minimum absolute atomic E-state index is 0.529. The van der Waals surface area contributed by atoms with Crippen molar-refractivity contribution in [1.29, 1.82) is 0 Å². The van der Waals surface area contributed by atoms with E-state index in [4.69, 9.17) is 4.74 Å². The molecule has 1 fully saturated rings. The van der Waals surface area contributed by atoms with Crippen LogP contribution in [0.15, 0.2) is 24.3 Å². The molecular formula is C18H27NO. The van der Waals surface area contributed by atoms with Crippen molar-refractivity contribution in [2.45, 2.75) is 57.1 Å². The third-order valence-corrected chi connectivity index (χ3v) is 5.15. The number of rotatable bonds is 5. The van der Waals surface area contributed by atoms with E-state index in [0.717, 1.165) is 12.5 Å². The van der Waals surface area contributed by atoms with Gasteiger partial charge in [0.2, 0.25) is 0 Å². The SMILES string of the molecule is CNC(CCC1CCCO1)C1CCc2ccccc2C1. The molecule has 3 atom stereocenters. The van der Waals surface area contributed by atoms with Crippen molar-refractivity contribution >= 4 is 0 Å². The van der Waals surface area contributed by atoms with Gasteiger partial charge in [0.05, 0.1) is 6.10 Å². The summed E-state index contributed by atoms with van der Waals surface area (Å²) in [7, 11) is 2.13. The molecule has 1 aliphatic heterocycles. The van der Waals surface area contributed by atoms with E-state index in [9.17, 15) is 0 Å². The molecule has 1 aromatic carbocycles.